The van der Waals surface area contributed by atoms with Crippen LogP contribution in [0.4, 0.5) is 0 Å². The molecule has 9 atom stereocenters. The lowest BCUT2D eigenvalue weighted by molar-refractivity contribution is -0.131. The average molecular weight is 512 g/mol. The summed E-state index contributed by atoms with van der Waals surface area (Å²) in [5.41, 5.74) is -0.103. The SMILES string of the molecule is CC(C)CC(=O)CC(C)(O)[C@H]1CCC2C3C[C@H](O)[C@H]4C[C@@H](OS(=O)(=O)[O-])CC[C@]4(C)C3=CC[C@@]21C. The van der Waals surface area contributed by atoms with Crippen molar-refractivity contribution < 1.29 is 32.2 Å². The lowest BCUT2D eigenvalue weighted by Crippen LogP contribution is -2.55. The van der Waals surface area contributed by atoms with Gasteiger partial charge in [0, 0.05) is 12.8 Å². The highest BCUT2D eigenvalue weighted by Crippen LogP contribution is 2.67. The second kappa shape index (κ2) is 9.19. The molecule has 0 radical (unpaired) electrons. The summed E-state index contributed by atoms with van der Waals surface area (Å²) in [4.78, 5) is 12.6. The molecule has 0 bridgehead atoms. The van der Waals surface area contributed by atoms with Gasteiger partial charge in [-0.1, -0.05) is 39.3 Å². The number of aliphatic hydroxyl groups excluding tert-OH is 1. The third kappa shape index (κ3) is 5.02. The Morgan fingerprint density at radius 2 is 1.91 bits per heavy atom. The maximum atomic E-state index is 12.6. The summed E-state index contributed by atoms with van der Waals surface area (Å²) in [6.07, 6.45) is 6.50. The topological polar surface area (TPSA) is 124 Å². The standard InChI is InChI=1S/C27H44O7S/c1-16(2)12-17(28)15-27(5,30)24-7-6-20-19-14-23(29)22-13-18(34-35(31,32)33)8-10-25(22,3)21(19)9-11-26(20,24)4/h9,16,18-20,22-24,29-30H,6-8,10-15H2,1-5H3,(H,31,32,33)/p-1/t18-,19?,20?,22+,23-,24-,25+,26-,27?/m0/s1. The van der Waals surface area contributed by atoms with Crippen LogP contribution in [0.3, 0.4) is 0 Å². The lowest BCUT2D eigenvalue weighted by atomic mass is 9.47. The molecule has 200 valence electrons. The summed E-state index contributed by atoms with van der Waals surface area (Å²) in [5, 5.41) is 22.8. The maximum Gasteiger partial charge on any atom is 0.217 e. The summed E-state index contributed by atoms with van der Waals surface area (Å²) < 4.78 is 38.2. The van der Waals surface area contributed by atoms with Crippen molar-refractivity contribution in [2.75, 3.05) is 0 Å². The molecule has 0 heterocycles. The highest BCUT2D eigenvalue weighted by Gasteiger charge is 2.61. The van der Waals surface area contributed by atoms with Gasteiger partial charge in [-0.25, -0.2) is 8.42 Å². The molecule has 4 aliphatic carbocycles. The van der Waals surface area contributed by atoms with Crippen molar-refractivity contribution in [1.82, 2.24) is 0 Å². The predicted molar refractivity (Wildman–Crippen MR) is 131 cm³/mol. The van der Waals surface area contributed by atoms with Crippen molar-refractivity contribution >= 4 is 16.2 Å². The fourth-order valence-electron chi connectivity index (χ4n) is 8.86. The zero-order chi connectivity index (χ0) is 26.0. The fourth-order valence-corrected chi connectivity index (χ4v) is 9.37. The van der Waals surface area contributed by atoms with Crippen LogP contribution in [0.25, 0.3) is 0 Å². The van der Waals surface area contributed by atoms with Crippen LogP contribution in [0.5, 0.6) is 0 Å². The van der Waals surface area contributed by atoms with Crippen LogP contribution < -0.4 is 0 Å². The Morgan fingerprint density at radius 3 is 2.54 bits per heavy atom. The van der Waals surface area contributed by atoms with Gasteiger partial charge in [0.1, 0.15) is 5.78 Å². The Labute approximate surface area is 210 Å². The van der Waals surface area contributed by atoms with Crippen molar-refractivity contribution in [1.29, 1.82) is 0 Å². The summed E-state index contributed by atoms with van der Waals surface area (Å²) in [6, 6.07) is 0. The highest BCUT2D eigenvalue weighted by molar-refractivity contribution is 7.80. The number of allylic oxidation sites excluding steroid dienone is 2. The molecule has 8 heteroatoms. The van der Waals surface area contributed by atoms with Gasteiger partial charge in [-0.15, -0.1) is 0 Å². The zero-order valence-corrected chi connectivity index (χ0v) is 22.6. The summed E-state index contributed by atoms with van der Waals surface area (Å²) in [6.45, 7) is 10.3. The van der Waals surface area contributed by atoms with Crippen LogP contribution >= 0.6 is 0 Å². The van der Waals surface area contributed by atoms with E-state index in [1.807, 2.05) is 20.8 Å². The number of rotatable bonds is 7. The number of hydrogen-bond donors (Lipinski definition) is 2. The molecule has 3 unspecified atom stereocenters. The third-order valence-electron chi connectivity index (χ3n) is 10.2. The quantitative estimate of drug-likeness (QED) is 0.299. The van der Waals surface area contributed by atoms with E-state index in [1.54, 1.807) is 0 Å². The number of aliphatic hydroxyl groups is 2. The van der Waals surface area contributed by atoms with Gasteiger partial charge in [-0.2, -0.15) is 0 Å². The van der Waals surface area contributed by atoms with Gasteiger partial charge in [0.15, 0.2) is 0 Å². The van der Waals surface area contributed by atoms with Crippen molar-refractivity contribution in [3.05, 3.63) is 11.6 Å². The normalized spacial score (nSPS) is 43.1. The van der Waals surface area contributed by atoms with Crippen molar-refractivity contribution in [2.45, 2.75) is 110 Å². The van der Waals surface area contributed by atoms with E-state index in [4.69, 9.17) is 4.18 Å². The third-order valence-corrected chi connectivity index (χ3v) is 10.7. The molecule has 3 saturated carbocycles. The maximum absolute atomic E-state index is 12.6. The van der Waals surface area contributed by atoms with Gasteiger partial charge in [0.05, 0.1) is 17.8 Å². The summed E-state index contributed by atoms with van der Waals surface area (Å²) >= 11 is 0. The number of fused-ring (bicyclic) bond motifs is 5. The van der Waals surface area contributed by atoms with Gasteiger partial charge in [0.2, 0.25) is 10.4 Å². The van der Waals surface area contributed by atoms with Crippen LogP contribution in [-0.4, -0.2) is 46.8 Å². The van der Waals surface area contributed by atoms with E-state index in [9.17, 15) is 28.0 Å². The van der Waals surface area contributed by atoms with E-state index in [1.165, 1.54) is 5.57 Å². The first-order chi connectivity index (χ1) is 16.1. The first-order valence-electron chi connectivity index (χ1n) is 13.3. The monoisotopic (exact) mass is 511 g/mol. The van der Waals surface area contributed by atoms with E-state index in [-0.39, 0.29) is 46.7 Å². The van der Waals surface area contributed by atoms with Crippen molar-refractivity contribution in [3.8, 4) is 0 Å². The molecule has 3 fully saturated rings. The van der Waals surface area contributed by atoms with Gasteiger partial charge < -0.3 is 14.8 Å². The molecule has 35 heavy (non-hydrogen) atoms. The molecular formula is C27H43O7S-. The minimum Gasteiger partial charge on any atom is -0.726 e. The van der Waals surface area contributed by atoms with Crippen LogP contribution in [-0.2, 0) is 19.4 Å². The number of carbonyl (C=O) groups excluding carboxylic acids is 1. The first kappa shape index (κ1) is 27.2. The van der Waals surface area contributed by atoms with Crippen molar-refractivity contribution in [2.24, 2.45) is 40.4 Å². The molecule has 4 rings (SSSR count). The Morgan fingerprint density at radius 1 is 1.23 bits per heavy atom. The average Bonchev–Trinajstić information content (AvgIpc) is 3.05. The smallest absolute Gasteiger partial charge is 0.217 e. The second-order valence-corrected chi connectivity index (χ2v) is 14.1. The fraction of sp³-hybridized carbons (Fsp3) is 0.889. The van der Waals surface area contributed by atoms with Crippen LogP contribution in [0.15, 0.2) is 11.6 Å². The lowest BCUT2D eigenvalue weighted by Gasteiger charge is -2.59. The van der Waals surface area contributed by atoms with Crippen LogP contribution in [0.2, 0.25) is 0 Å². The van der Waals surface area contributed by atoms with Crippen LogP contribution in [0.1, 0.15) is 92.4 Å². The van der Waals surface area contributed by atoms with E-state index in [0.717, 1.165) is 19.3 Å². The Bertz CT molecular complexity index is 970. The van der Waals surface area contributed by atoms with Gasteiger partial charge >= 0.3 is 0 Å². The molecule has 0 aromatic carbocycles. The zero-order valence-electron chi connectivity index (χ0n) is 21.8. The minimum absolute atomic E-state index is 0.0166. The van der Waals surface area contributed by atoms with E-state index in [2.05, 4.69) is 19.9 Å². The van der Waals surface area contributed by atoms with Gasteiger partial charge in [-0.3, -0.25) is 8.98 Å². The molecule has 0 aromatic rings. The minimum atomic E-state index is -4.77. The molecule has 0 aromatic heterocycles. The van der Waals surface area contributed by atoms with E-state index < -0.39 is 28.2 Å². The molecule has 0 spiro atoms. The molecule has 0 amide bonds. The Hall–Kier alpha value is -0.800. The van der Waals surface area contributed by atoms with Gasteiger partial charge in [-0.05, 0) is 92.3 Å². The summed E-state index contributed by atoms with van der Waals surface area (Å²) in [5.74, 6) is 0.788. The largest absolute Gasteiger partial charge is 0.726 e. The molecule has 0 saturated heterocycles. The molecule has 4 aliphatic rings. The number of carbonyl (C=O) groups is 1. The molecule has 2 N–H and O–H groups in total. The highest BCUT2D eigenvalue weighted by atomic mass is 32.3. The first-order valence-corrected chi connectivity index (χ1v) is 14.7. The molecular weight excluding hydrogens is 468 g/mol. The van der Waals surface area contributed by atoms with Gasteiger partial charge in [0.25, 0.3) is 0 Å². The molecule has 0 aliphatic heterocycles. The van der Waals surface area contributed by atoms with Crippen LogP contribution in [0, 0.1) is 40.4 Å². The summed E-state index contributed by atoms with van der Waals surface area (Å²) in [7, 11) is -4.77. The van der Waals surface area contributed by atoms with E-state index in [0.29, 0.717) is 38.0 Å². The van der Waals surface area contributed by atoms with E-state index >= 15 is 0 Å². The Balaban J connectivity index is 1.57. The number of ketones is 1. The number of Topliss-reactive ketones (excluding diaryl/α,β-unsaturated/α-hetero) is 1. The predicted octanol–water partition coefficient (Wildman–Crippen LogP) is 4.14. The number of hydrogen-bond acceptors (Lipinski definition) is 7. The molecule has 7 nitrogen and oxygen atoms in total. The Kier molecular flexibility index (Phi) is 7.15. The van der Waals surface area contributed by atoms with Crippen molar-refractivity contribution in [3.63, 3.8) is 0 Å². The second-order valence-electron chi connectivity index (χ2n) is 13.1.